The molecular weight excluding hydrogens is 290 g/mol. The fourth-order valence-corrected chi connectivity index (χ4v) is 3.22. The van der Waals surface area contributed by atoms with E-state index in [1.807, 2.05) is 29.2 Å². The van der Waals surface area contributed by atoms with Gasteiger partial charge in [-0.3, -0.25) is 4.79 Å². The van der Waals surface area contributed by atoms with Gasteiger partial charge in [-0.15, -0.1) is 0 Å². The zero-order valence-electron chi connectivity index (χ0n) is 13.3. The van der Waals surface area contributed by atoms with E-state index in [1.54, 1.807) is 0 Å². The van der Waals surface area contributed by atoms with E-state index in [1.165, 1.54) is 5.56 Å². The van der Waals surface area contributed by atoms with Gasteiger partial charge in [0.15, 0.2) is 5.69 Å². The highest BCUT2D eigenvalue weighted by molar-refractivity contribution is 5.92. The van der Waals surface area contributed by atoms with Crippen molar-refractivity contribution in [1.82, 2.24) is 15.0 Å². The van der Waals surface area contributed by atoms with E-state index >= 15 is 0 Å². The van der Waals surface area contributed by atoms with Gasteiger partial charge < -0.3 is 14.3 Å². The number of rotatable bonds is 3. The number of amides is 1. The topological polar surface area (TPSA) is 49.6 Å². The number of piperazine rings is 1. The molecule has 1 saturated heterocycles. The Morgan fingerprint density at radius 1 is 1.22 bits per heavy atom. The first kappa shape index (κ1) is 14.5. The van der Waals surface area contributed by atoms with Crippen molar-refractivity contribution >= 4 is 5.91 Å². The normalized spacial score (nSPS) is 22.3. The molecule has 1 aliphatic heterocycles. The van der Waals surface area contributed by atoms with Gasteiger partial charge in [0.25, 0.3) is 5.91 Å². The number of carbonyl (C=O) groups excluding carboxylic acids is 1. The Hall–Kier alpha value is -2.14. The lowest BCUT2D eigenvalue weighted by molar-refractivity contribution is 0.0488. The van der Waals surface area contributed by atoms with Crippen LogP contribution in [0.5, 0.6) is 0 Å². The van der Waals surface area contributed by atoms with Crippen molar-refractivity contribution in [2.45, 2.75) is 24.8 Å². The fraction of sp³-hybridized carbons (Fsp3) is 0.444. The summed E-state index contributed by atoms with van der Waals surface area (Å²) < 4.78 is 5.35. The van der Waals surface area contributed by atoms with Crippen LogP contribution in [0.3, 0.4) is 0 Å². The van der Waals surface area contributed by atoms with E-state index in [9.17, 15) is 4.79 Å². The molecule has 2 fully saturated rings. The third kappa shape index (κ3) is 2.88. The van der Waals surface area contributed by atoms with E-state index in [2.05, 4.69) is 29.2 Å². The van der Waals surface area contributed by atoms with Crippen LogP contribution < -0.4 is 0 Å². The molecule has 1 unspecified atom stereocenters. The van der Waals surface area contributed by atoms with Crippen molar-refractivity contribution in [3.8, 4) is 0 Å². The Labute approximate surface area is 135 Å². The molecule has 23 heavy (non-hydrogen) atoms. The molecule has 4 rings (SSSR count). The average molecular weight is 311 g/mol. The summed E-state index contributed by atoms with van der Waals surface area (Å²) in [6, 6.07) is 12.1. The average Bonchev–Trinajstić information content (AvgIpc) is 3.32. The van der Waals surface area contributed by atoms with Crippen molar-refractivity contribution in [2.75, 3.05) is 26.7 Å². The first-order chi connectivity index (χ1) is 11.2. The van der Waals surface area contributed by atoms with Gasteiger partial charge in [0.1, 0.15) is 5.76 Å². The van der Waals surface area contributed by atoms with Crippen LogP contribution in [0.2, 0.25) is 0 Å². The number of aromatic nitrogens is 1. The minimum absolute atomic E-state index is 0.0254. The van der Waals surface area contributed by atoms with Crippen LogP contribution in [0.4, 0.5) is 0 Å². The summed E-state index contributed by atoms with van der Waals surface area (Å²) in [6.07, 6.45) is 2.29. The standard InChI is InChI=1S/C18H21N3O2/c1-20-9-10-21(16(12-20)13-5-3-2-4-6-13)18(22)15-11-17(23-19-15)14-7-8-14/h2-6,11,14,16H,7-10,12H2,1H3. The van der Waals surface area contributed by atoms with E-state index in [4.69, 9.17) is 4.52 Å². The first-order valence-electron chi connectivity index (χ1n) is 8.23. The molecule has 1 saturated carbocycles. The third-order valence-corrected chi connectivity index (χ3v) is 4.76. The summed E-state index contributed by atoms with van der Waals surface area (Å²) in [4.78, 5) is 17.1. The van der Waals surface area contributed by atoms with Crippen molar-refractivity contribution < 1.29 is 9.32 Å². The second kappa shape index (κ2) is 5.81. The molecular formula is C18H21N3O2. The van der Waals surface area contributed by atoms with Crippen molar-refractivity contribution in [2.24, 2.45) is 0 Å². The Bertz CT molecular complexity index is 693. The molecule has 5 nitrogen and oxygen atoms in total. The van der Waals surface area contributed by atoms with E-state index in [0.717, 1.165) is 31.7 Å². The molecule has 5 heteroatoms. The van der Waals surface area contributed by atoms with Crippen LogP contribution in [-0.4, -0.2) is 47.5 Å². The monoisotopic (exact) mass is 311 g/mol. The Morgan fingerprint density at radius 2 is 2.00 bits per heavy atom. The van der Waals surface area contributed by atoms with E-state index in [0.29, 0.717) is 18.2 Å². The summed E-state index contributed by atoms with van der Waals surface area (Å²) in [7, 11) is 2.10. The predicted octanol–water partition coefficient (Wildman–Crippen LogP) is 2.68. The molecule has 0 N–H and O–H groups in total. The van der Waals surface area contributed by atoms with Gasteiger partial charge in [0.2, 0.25) is 0 Å². The number of benzene rings is 1. The summed E-state index contributed by atoms with van der Waals surface area (Å²) in [6.45, 7) is 2.42. The molecule has 2 aliphatic rings. The molecule has 1 aromatic heterocycles. The molecule has 1 aromatic carbocycles. The number of likely N-dealkylation sites (N-methyl/N-ethyl adjacent to an activating group) is 1. The van der Waals surface area contributed by atoms with Crippen LogP contribution >= 0.6 is 0 Å². The lowest BCUT2D eigenvalue weighted by Gasteiger charge is -2.40. The zero-order chi connectivity index (χ0) is 15.8. The molecule has 0 radical (unpaired) electrons. The number of hydrogen-bond donors (Lipinski definition) is 0. The highest BCUT2D eigenvalue weighted by atomic mass is 16.5. The van der Waals surface area contributed by atoms with Crippen LogP contribution in [0.1, 0.15) is 46.6 Å². The smallest absolute Gasteiger partial charge is 0.276 e. The number of nitrogens with zero attached hydrogens (tertiary/aromatic N) is 3. The SMILES string of the molecule is CN1CCN(C(=O)c2cc(C3CC3)on2)C(c2ccccc2)C1. The molecule has 1 aliphatic carbocycles. The van der Waals surface area contributed by atoms with E-state index < -0.39 is 0 Å². The van der Waals surface area contributed by atoms with Crippen LogP contribution in [0.25, 0.3) is 0 Å². The lowest BCUT2D eigenvalue weighted by Crippen LogP contribution is -2.49. The fourth-order valence-electron chi connectivity index (χ4n) is 3.22. The zero-order valence-corrected chi connectivity index (χ0v) is 13.3. The quantitative estimate of drug-likeness (QED) is 0.874. The van der Waals surface area contributed by atoms with Gasteiger partial charge >= 0.3 is 0 Å². The van der Waals surface area contributed by atoms with Crippen molar-refractivity contribution in [3.63, 3.8) is 0 Å². The molecule has 120 valence electrons. The second-order valence-corrected chi connectivity index (χ2v) is 6.58. The Kier molecular flexibility index (Phi) is 3.65. The minimum Gasteiger partial charge on any atom is -0.360 e. The third-order valence-electron chi connectivity index (χ3n) is 4.76. The van der Waals surface area contributed by atoms with Crippen molar-refractivity contribution in [1.29, 1.82) is 0 Å². The summed E-state index contributed by atoms with van der Waals surface area (Å²) in [5.41, 5.74) is 1.61. The molecule has 2 aromatic rings. The predicted molar refractivity (Wildman–Crippen MR) is 86.2 cm³/mol. The Balaban J connectivity index is 1.60. The second-order valence-electron chi connectivity index (χ2n) is 6.58. The molecule has 1 atom stereocenters. The lowest BCUT2D eigenvalue weighted by atomic mass is 10.0. The van der Waals surface area contributed by atoms with Gasteiger partial charge in [-0.05, 0) is 25.5 Å². The maximum absolute atomic E-state index is 12.9. The van der Waals surface area contributed by atoms with E-state index in [-0.39, 0.29) is 11.9 Å². The van der Waals surface area contributed by atoms with Crippen LogP contribution in [0, 0.1) is 0 Å². The maximum Gasteiger partial charge on any atom is 0.276 e. The highest BCUT2D eigenvalue weighted by Gasteiger charge is 2.34. The summed E-state index contributed by atoms with van der Waals surface area (Å²) >= 11 is 0. The Morgan fingerprint density at radius 3 is 2.74 bits per heavy atom. The summed E-state index contributed by atoms with van der Waals surface area (Å²) in [5, 5.41) is 4.02. The number of hydrogen-bond acceptors (Lipinski definition) is 4. The molecule has 0 bridgehead atoms. The van der Waals surface area contributed by atoms with Gasteiger partial charge in [-0.2, -0.15) is 0 Å². The van der Waals surface area contributed by atoms with Crippen molar-refractivity contribution in [3.05, 3.63) is 53.4 Å². The van der Waals surface area contributed by atoms with Crippen LogP contribution in [-0.2, 0) is 0 Å². The van der Waals surface area contributed by atoms with Gasteiger partial charge in [0, 0.05) is 31.6 Å². The van der Waals surface area contributed by atoms with Crippen LogP contribution in [0.15, 0.2) is 40.9 Å². The van der Waals surface area contributed by atoms with Gasteiger partial charge in [-0.1, -0.05) is 35.5 Å². The molecule has 1 amide bonds. The largest absolute Gasteiger partial charge is 0.360 e. The molecule has 0 spiro atoms. The van der Waals surface area contributed by atoms with Gasteiger partial charge in [-0.25, -0.2) is 0 Å². The first-order valence-corrected chi connectivity index (χ1v) is 8.23. The number of carbonyl (C=O) groups is 1. The maximum atomic E-state index is 12.9. The molecule has 2 heterocycles. The summed E-state index contributed by atoms with van der Waals surface area (Å²) in [5.74, 6) is 1.31. The van der Waals surface area contributed by atoms with Gasteiger partial charge in [0.05, 0.1) is 6.04 Å². The minimum atomic E-state index is -0.0254. The highest BCUT2D eigenvalue weighted by Crippen LogP contribution is 2.40.